The van der Waals surface area contributed by atoms with Crippen molar-refractivity contribution in [2.24, 2.45) is 0 Å². The van der Waals surface area contributed by atoms with Crippen LogP contribution in [0.2, 0.25) is 5.02 Å². The van der Waals surface area contributed by atoms with Crippen LogP contribution in [0.15, 0.2) is 59.2 Å². The number of hydrogen-bond donors (Lipinski definition) is 0. The summed E-state index contributed by atoms with van der Waals surface area (Å²) < 4.78 is 0.859. The van der Waals surface area contributed by atoms with E-state index in [4.69, 9.17) is 11.6 Å². The number of aromatic nitrogens is 1. The highest BCUT2D eigenvalue weighted by Gasteiger charge is 2.24. The number of halogens is 2. The SMILES string of the molecule is O=C(c1cc(Br)ccc1Cl)N1CCN(Cc2cccc3cccnc23)CC1. The highest BCUT2D eigenvalue weighted by molar-refractivity contribution is 9.10. The molecule has 6 heteroatoms. The topological polar surface area (TPSA) is 36.4 Å². The van der Waals surface area contributed by atoms with Crippen molar-refractivity contribution >= 4 is 44.3 Å². The smallest absolute Gasteiger partial charge is 0.255 e. The normalized spacial score (nSPS) is 15.3. The average Bonchev–Trinajstić information content (AvgIpc) is 2.70. The summed E-state index contributed by atoms with van der Waals surface area (Å²) >= 11 is 9.63. The summed E-state index contributed by atoms with van der Waals surface area (Å²) in [5.41, 5.74) is 2.83. The van der Waals surface area contributed by atoms with Gasteiger partial charge in [-0.05, 0) is 29.8 Å². The summed E-state index contributed by atoms with van der Waals surface area (Å²) in [6, 6.07) is 15.7. The zero-order chi connectivity index (χ0) is 18.8. The third-order valence-corrected chi connectivity index (χ3v) is 5.75. The minimum Gasteiger partial charge on any atom is -0.336 e. The van der Waals surface area contributed by atoms with Gasteiger partial charge in [0.25, 0.3) is 5.91 Å². The molecule has 3 aromatic rings. The molecule has 4 nitrogen and oxygen atoms in total. The van der Waals surface area contributed by atoms with Gasteiger partial charge in [0.15, 0.2) is 0 Å². The van der Waals surface area contributed by atoms with Gasteiger partial charge in [-0.3, -0.25) is 14.7 Å². The number of amides is 1. The van der Waals surface area contributed by atoms with Crippen LogP contribution in [0, 0.1) is 0 Å². The van der Waals surface area contributed by atoms with Crippen molar-refractivity contribution in [2.45, 2.75) is 6.54 Å². The average molecular weight is 445 g/mol. The molecule has 0 atom stereocenters. The fourth-order valence-corrected chi connectivity index (χ4v) is 4.04. The Bertz CT molecular complexity index is 981. The Morgan fingerprint density at radius 3 is 2.67 bits per heavy atom. The number of benzene rings is 2. The van der Waals surface area contributed by atoms with Gasteiger partial charge < -0.3 is 4.90 Å². The van der Waals surface area contributed by atoms with Crippen molar-refractivity contribution in [1.29, 1.82) is 0 Å². The van der Waals surface area contributed by atoms with Gasteiger partial charge in [0.05, 0.1) is 16.1 Å². The second kappa shape index (κ2) is 7.97. The van der Waals surface area contributed by atoms with Gasteiger partial charge in [0.2, 0.25) is 0 Å². The second-order valence-electron chi connectivity index (χ2n) is 6.68. The van der Waals surface area contributed by atoms with E-state index < -0.39 is 0 Å². The maximum atomic E-state index is 12.8. The molecule has 2 aromatic carbocycles. The predicted molar refractivity (Wildman–Crippen MR) is 112 cm³/mol. The summed E-state index contributed by atoms with van der Waals surface area (Å²) in [6.45, 7) is 3.90. The summed E-state index contributed by atoms with van der Waals surface area (Å²) in [6.07, 6.45) is 1.84. The molecule has 0 saturated carbocycles. The van der Waals surface area contributed by atoms with Crippen LogP contribution in [0.25, 0.3) is 10.9 Å². The van der Waals surface area contributed by atoms with E-state index in [-0.39, 0.29) is 5.91 Å². The lowest BCUT2D eigenvalue weighted by Gasteiger charge is -2.35. The molecular formula is C21H19BrClN3O. The Hall–Kier alpha value is -1.95. The molecule has 0 spiro atoms. The quantitative estimate of drug-likeness (QED) is 0.592. The lowest BCUT2D eigenvalue weighted by molar-refractivity contribution is 0.0629. The molecule has 2 heterocycles. The summed E-state index contributed by atoms with van der Waals surface area (Å²) in [7, 11) is 0. The van der Waals surface area contributed by atoms with Gasteiger partial charge in [-0.1, -0.05) is 51.8 Å². The van der Waals surface area contributed by atoms with E-state index in [9.17, 15) is 4.79 Å². The van der Waals surface area contributed by atoms with E-state index in [1.165, 1.54) is 5.56 Å². The van der Waals surface area contributed by atoms with E-state index in [1.54, 1.807) is 12.1 Å². The van der Waals surface area contributed by atoms with Crippen LogP contribution in [-0.4, -0.2) is 46.9 Å². The number of pyridine rings is 1. The van der Waals surface area contributed by atoms with Crippen molar-refractivity contribution in [2.75, 3.05) is 26.2 Å². The highest BCUT2D eigenvalue weighted by Crippen LogP contribution is 2.23. The molecule has 1 aliphatic rings. The lowest BCUT2D eigenvalue weighted by Crippen LogP contribution is -2.48. The van der Waals surface area contributed by atoms with Crippen LogP contribution in [0.5, 0.6) is 0 Å². The van der Waals surface area contributed by atoms with Gasteiger partial charge in [-0.25, -0.2) is 0 Å². The Kier molecular flexibility index (Phi) is 5.43. The highest BCUT2D eigenvalue weighted by atomic mass is 79.9. The first-order valence-corrected chi connectivity index (χ1v) is 10.1. The minimum atomic E-state index is -0.00669. The van der Waals surface area contributed by atoms with E-state index in [2.05, 4.69) is 50.1 Å². The molecule has 0 unspecified atom stereocenters. The monoisotopic (exact) mass is 443 g/mol. The van der Waals surface area contributed by atoms with Crippen molar-refractivity contribution in [3.63, 3.8) is 0 Å². The van der Waals surface area contributed by atoms with Crippen LogP contribution in [-0.2, 0) is 6.54 Å². The Morgan fingerprint density at radius 1 is 1.07 bits per heavy atom. The van der Waals surface area contributed by atoms with Crippen molar-refractivity contribution < 1.29 is 4.79 Å². The number of rotatable bonds is 3. The molecule has 138 valence electrons. The maximum Gasteiger partial charge on any atom is 0.255 e. The minimum absolute atomic E-state index is 0.00669. The lowest BCUT2D eigenvalue weighted by atomic mass is 10.1. The fourth-order valence-electron chi connectivity index (χ4n) is 3.48. The molecule has 0 N–H and O–H groups in total. The Balaban J connectivity index is 1.43. The summed E-state index contributed by atoms with van der Waals surface area (Å²) in [4.78, 5) is 21.6. The van der Waals surface area contributed by atoms with E-state index in [0.717, 1.165) is 35.0 Å². The molecule has 1 saturated heterocycles. The van der Waals surface area contributed by atoms with Crippen LogP contribution in [0.1, 0.15) is 15.9 Å². The van der Waals surface area contributed by atoms with Crippen LogP contribution in [0.3, 0.4) is 0 Å². The molecule has 1 aliphatic heterocycles. The first-order chi connectivity index (χ1) is 13.1. The van der Waals surface area contributed by atoms with Gasteiger partial charge in [0.1, 0.15) is 0 Å². The number of hydrogen-bond acceptors (Lipinski definition) is 3. The molecule has 1 aromatic heterocycles. The molecule has 4 rings (SSSR count). The molecular weight excluding hydrogens is 426 g/mol. The van der Waals surface area contributed by atoms with Crippen molar-refractivity contribution in [1.82, 2.24) is 14.8 Å². The Labute approximate surface area is 171 Å². The number of fused-ring (bicyclic) bond motifs is 1. The number of nitrogens with zero attached hydrogens (tertiary/aromatic N) is 3. The van der Waals surface area contributed by atoms with Gasteiger partial charge in [-0.15, -0.1) is 0 Å². The third kappa shape index (κ3) is 4.00. The largest absolute Gasteiger partial charge is 0.336 e. The second-order valence-corrected chi connectivity index (χ2v) is 8.01. The van der Waals surface area contributed by atoms with E-state index >= 15 is 0 Å². The van der Waals surface area contributed by atoms with Gasteiger partial charge in [-0.2, -0.15) is 0 Å². The van der Waals surface area contributed by atoms with Gasteiger partial charge in [0, 0.05) is 48.8 Å². The van der Waals surface area contributed by atoms with Crippen LogP contribution in [0.4, 0.5) is 0 Å². The van der Waals surface area contributed by atoms with Crippen LogP contribution < -0.4 is 0 Å². The molecule has 0 radical (unpaired) electrons. The van der Waals surface area contributed by atoms with E-state index in [1.807, 2.05) is 23.2 Å². The number of piperazine rings is 1. The van der Waals surface area contributed by atoms with Crippen molar-refractivity contribution in [3.8, 4) is 0 Å². The first kappa shape index (κ1) is 18.4. The standard InChI is InChI=1S/C21H19BrClN3O/c22-17-6-7-19(23)18(13-17)21(27)26-11-9-25(10-12-26)14-16-4-1-3-15-5-2-8-24-20(15)16/h1-8,13H,9-12,14H2. The molecule has 0 bridgehead atoms. The summed E-state index contributed by atoms with van der Waals surface area (Å²) in [5, 5.41) is 1.65. The first-order valence-electron chi connectivity index (χ1n) is 8.91. The third-order valence-electron chi connectivity index (χ3n) is 4.93. The summed E-state index contributed by atoms with van der Waals surface area (Å²) in [5.74, 6) is -0.00669. The molecule has 0 aliphatic carbocycles. The van der Waals surface area contributed by atoms with Crippen molar-refractivity contribution in [3.05, 3.63) is 75.4 Å². The zero-order valence-electron chi connectivity index (χ0n) is 14.7. The molecule has 27 heavy (non-hydrogen) atoms. The number of carbonyl (C=O) groups is 1. The number of para-hydroxylation sites is 1. The predicted octanol–water partition coefficient (Wildman–Crippen LogP) is 4.61. The van der Waals surface area contributed by atoms with E-state index in [0.29, 0.717) is 23.7 Å². The number of carbonyl (C=O) groups excluding carboxylic acids is 1. The Morgan fingerprint density at radius 2 is 1.85 bits per heavy atom. The zero-order valence-corrected chi connectivity index (χ0v) is 17.1. The maximum absolute atomic E-state index is 12.8. The van der Waals surface area contributed by atoms with Crippen LogP contribution >= 0.6 is 27.5 Å². The fraction of sp³-hybridized carbons (Fsp3) is 0.238. The van der Waals surface area contributed by atoms with Gasteiger partial charge >= 0.3 is 0 Å². The molecule has 1 amide bonds. The molecule has 1 fully saturated rings.